The van der Waals surface area contributed by atoms with E-state index in [4.69, 9.17) is 16.3 Å². The lowest BCUT2D eigenvalue weighted by Gasteiger charge is -2.15. The lowest BCUT2D eigenvalue weighted by Crippen LogP contribution is -2.44. The summed E-state index contributed by atoms with van der Waals surface area (Å²) >= 11 is 6.09. The molecular formula is C19H20ClNO4. The molecule has 1 atom stereocenters. The summed E-state index contributed by atoms with van der Waals surface area (Å²) < 4.78 is 5.45. The minimum absolute atomic E-state index is 0.209. The highest BCUT2D eigenvalue weighted by atomic mass is 35.5. The van der Waals surface area contributed by atoms with Crippen LogP contribution in [0.15, 0.2) is 42.5 Å². The summed E-state index contributed by atoms with van der Waals surface area (Å²) in [6, 6.07) is 11.6. The van der Waals surface area contributed by atoms with Gasteiger partial charge in [0, 0.05) is 11.4 Å². The number of aliphatic carboxylic acids is 1. The Morgan fingerprint density at radius 2 is 1.76 bits per heavy atom. The Morgan fingerprint density at radius 1 is 1.16 bits per heavy atom. The maximum Gasteiger partial charge on any atom is 0.326 e. The molecule has 0 aromatic heterocycles. The van der Waals surface area contributed by atoms with E-state index in [1.54, 1.807) is 12.1 Å². The van der Waals surface area contributed by atoms with E-state index in [0.29, 0.717) is 10.8 Å². The van der Waals surface area contributed by atoms with Crippen LogP contribution in [0.4, 0.5) is 0 Å². The Kier molecular flexibility index (Phi) is 6.42. The number of halogens is 1. The Balaban J connectivity index is 1.94. The van der Waals surface area contributed by atoms with Gasteiger partial charge in [-0.25, -0.2) is 4.79 Å². The van der Waals surface area contributed by atoms with E-state index in [1.165, 1.54) is 0 Å². The summed E-state index contributed by atoms with van der Waals surface area (Å²) in [6.45, 7) is 3.43. The molecule has 0 bridgehead atoms. The van der Waals surface area contributed by atoms with Gasteiger partial charge in [-0.1, -0.05) is 41.9 Å². The van der Waals surface area contributed by atoms with Crippen molar-refractivity contribution in [3.8, 4) is 5.75 Å². The van der Waals surface area contributed by atoms with Crippen molar-refractivity contribution in [2.75, 3.05) is 6.61 Å². The molecule has 5 nitrogen and oxygen atoms in total. The van der Waals surface area contributed by atoms with Gasteiger partial charge in [0.1, 0.15) is 11.8 Å². The van der Waals surface area contributed by atoms with E-state index in [9.17, 15) is 14.7 Å². The number of rotatable bonds is 7. The van der Waals surface area contributed by atoms with Crippen LogP contribution >= 0.6 is 11.6 Å². The molecule has 1 unspecified atom stereocenters. The summed E-state index contributed by atoms with van der Waals surface area (Å²) in [7, 11) is 0. The summed E-state index contributed by atoms with van der Waals surface area (Å²) in [5.41, 5.74) is 2.54. The minimum Gasteiger partial charge on any atom is -0.484 e. The topological polar surface area (TPSA) is 75.6 Å². The van der Waals surface area contributed by atoms with Gasteiger partial charge in [-0.15, -0.1) is 0 Å². The third-order valence-electron chi connectivity index (χ3n) is 3.70. The molecular weight excluding hydrogens is 342 g/mol. The van der Waals surface area contributed by atoms with Crippen molar-refractivity contribution >= 4 is 23.5 Å². The van der Waals surface area contributed by atoms with Gasteiger partial charge >= 0.3 is 5.97 Å². The first kappa shape index (κ1) is 18.8. The van der Waals surface area contributed by atoms with Gasteiger partial charge in [0.15, 0.2) is 6.61 Å². The number of carbonyl (C=O) groups is 2. The van der Waals surface area contributed by atoms with Crippen LogP contribution in [0.5, 0.6) is 5.75 Å². The number of carboxylic acid groups (broad SMARTS) is 1. The second kappa shape index (κ2) is 8.53. The molecule has 6 heteroatoms. The molecule has 0 spiro atoms. The third-order valence-corrected chi connectivity index (χ3v) is 4.29. The van der Waals surface area contributed by atoms with E-state index in [0.717, 1.165) is 16.7 Å². The van der Waals surface area contributed by atoms with Crippen molar-refractivity contribution in [1.82, 2.24) is 5.32 Å². The Bertz CT molecular complexity index is 738. The van der Waals surface area contributed by atoms with Gasteiger partial charge in [0.05, 0.1) is 0 Å². The van der Waals surface area contributed by atoms with Gasteiger partial charge in [0.2, 0.25) is 0 Å². The monoisotopic (exact) mass is 361 g/mol. The van der Waals surface area contributed by atoms with Crippen molar-refractivity contribution in [3.05, 3.63) is 64.2 Å². The molecule has 2 N–H and O–H groups in total. The van der Waals surface area contributed by atoms with Crippen molar-refractivity contribution in [2.24, 2.45) is 0 Å². The number of nitrogens with one attached hydrogen (secondary N) is 1. The molecule has 1 amide bonds. The van der Waals surface area contributed by atoms with Crippen LogP contribution in [0.25, 0.3) is 0 Å². The van der Waals surface area contributed by atoms with Gasteiger partial charge < -0.3 is 15.2 Å². The number of carboxylic acids is 1. The standard InChI is InChI=1S/C19H20ClNO4/c1-12-8-15(9-13(2)18(12)20)25-11-17(22)21-16(19(23)24)10-14-6-4-3-5-7-14/h3-9,16H,10-11H2,1-2H3,(H,21,22)(H,23,24). The van der Waals surface area contributed by atoms with Crippen LogP contribution in [0, 0.1) is 13.8 Å². The lowest BCUT2D eigenvalue weighted by atomic mass is 10.1. The van der Waals surface area contributed by atoms with Gasteiger partial charge in [-0.3, -0.25) is 4.79 Å². The number of hydrogen-bond donors (Lipinski definition) is 2. The number of hydrogen-bond acceptors (Lipinski definition) is 3. The molecule has 25 heavy (non-hydrogen) atoms. The lowest BCUT2D eigenvalue weighted by molar-refractivity contribution is -0.142. The molecule has 0 fully saturated rings. The van der Waals surface area contributed by atoms with Crippen LogP contribution in [0.1, 0.15) is 16.7 Å². The zero-order chi connectivity index (χ0) is 18.4. The number of ether oxygens (including phenoxy) is 1. The highest BCUT2D eigenvalue weighted by molar-refractivity contribution is 6.32. The van der Waals surface area contributed by atoms with Crippen molar-refractivity contribution in [3.63, 3.8) is 0 Å². The van der Waals surface area contributed by atoms with Gasteiger partial charge in [0.25, 0.3) is 5.91 Å². The summed E-state index contributed by atoms with van der Waals surface area (Å²) in [4.78, 5) is 23.4. The van der Waals surface area contributed by atoms with Crippen LogP contribution in [-0.4, -0.2) is 29.6 Å². The first-order valence-corrected chi connectivity index (χ1v) is 8.20. The fourth-order valence-electron chi connectivity index (χ4n) is 2.42. The van der Waals surface area contributed by atoms with Crippen LogP contribution < -0.4 is 10.1 Å². The third kappa shape index (κ3) is 5.50. The molecule has 0 heterocycles. The zero-order valence-electron chi connectivity index (χ0n) is 14.1. The molecule has 0 radical (unpaired) electrons. The van der Waals surface area contributed by atoms with Crippen LogP contribution in [0.3, 0.4) is 0 Å². The number of carbonyl (C=O) groups excluding carboxylic acids is 1. The molecule has 132 valence electrons. The summed E-state index contributed by atoms with van der Waals surface area (Å²) in [6.07, 6.45) is 0.209. The average molecular weight is 362 g/mol. The van der Waals surface area contributed by atoms with E-state index in [1.807, 2.05) is 44.2 Å². The number of aryl methyl sites for hydroxylation is 2. The normalized spacial score (nSPS) is 11.6. The Morgan fingerprint density at radius 3 is 2.32 bits per heavy atom. The summed E-state index contributed by atoms with van der Waals surface area (Å²) in [5.74, 6) is -1.06. The first-order chi connectivity index (χ1) is 11.9. The number of benzene rings is 2. The SMILES string of the molecule is Cc1cc(OCC(=O)NC(Cc2ccccc2)C(=O)O)cc(C)c1Cl. The summed E-state index contributed by atoms with van der Waals surface area (Å²) in [5, 5.41) is 12.4. The molecule has 2 aromatic carbocycles. The maximum atomic E-state index is 12.0. The largest absolute Gasteiger partial charge is 0.484 e. The fraction of sp³-hybridized carbons (Fsp3) is 0.263. The fourth-order valence-corrected chi connectivity index (χ4v) is 2.53. The molecule has 2 aromatic rings. The second-order valence-corrected chi connectivity index (χ2v) is 6.19. The second-order valence-electron chi connectivity index (χ2n) is 5.81. The maximum absolute atomic E-state index is 12.0. The molecule has 0 saturated carbocycles. The smallest absolute Gasteiger partial charge is 0.326 e. The molecule has 0 saturated heterocycles. The molecule has 0 aliphatic heterocycles. The van der Waals surface area contributed by atoms with Gasteiger partial charge in [-0.2, -0.15) is 0 Å². The average Bonchev–Trinajstić information content (AvgIpc) is 2.58. The minimum atomic E-state index is -1.09. The van der Waals surface area contributed by atoms with Crippen molar-refractivity contribution in [1.29, 1.82) is 0 Å². The predicted octanol–water partition coefficient (Wildman–Crippen LogP) is 3.15. The van der Waals surface area contributed by atoms with E-state index < -0.39 is 17.9 Å². The Labute approximate surface area is 151 Å². The zero-order valence-corrected chi connectivity index (χ0v) is 14.8. The van der Waals surface area contributed by atoms with Crippen molar-refractivity contribution in [2.45, 2.75) is 26.3 Å². The van der Waals surface area contributed by atoms with E-state index >= 15 is 0 Å². The highest BCUT2D eigenvalue weighted by Gasteiger charge is 2.20. The van der Waals surface area contributed by atoms with E-state index in [2.05, 4.69) is 5.32 Å². The van der Waals surface area contributed by atoms with E-state index in [-0.39, 0.29) is 13.0 Å². The molecule has 0 aliphatic carbocycles. The van der Waals surface area contributed by atoms with Crippen LogP contribution in [0.2, 0.25) is 5.02 Å². The molecule has 0 aliphatic rings. The predicted molar refractivity (Wildman–Crippen MR) is 96.1 cm³/mol. The highest BCUT2D eigenvalue weighted by Crippen LogP contribution is 2.25. The first-order valence-electron chi connectivity index (χ1n) is 7.82. The van der Waals surface area contributed by atoms with Gasteiger partial charge in [-0.05, 0) is 42.7 Å². The van der Waals surface area contributed by atoms with Crippen LogP contribution in [-0.2, 0) is 16.0 Å². The Hall–Kier alpha value is -2.53. The quantitative estimate of drug-likeness (QED) is 0.794. The molecule has 2 rings (SSSR count). The number of amides is 1. The van der Waals surface area contributed by atoms with Crippen molar-refractivity contribution < 1.29 is 19.4 Å².